The Balaban J connectivity index is 1.73. The number of rotatable bonds is 3. The van der Waals surface area contributed by atoms with Crippen LogP contribution in [0.5, 0.6) is 0 Å². The molecule has 2 aromatic rings. The molecule has 1 aromatic carbocycles. The van der Waals surface area contributed by atoms with E-state index in [1.54, 1.807) is 0 Å². The highest BCUT2D eigenvalue weighted by Gasteiger charge is 2.50. The van der Waals surface area contributed by atoms with Crippen molar-refractivity contribution in [1.82, 2.24) is 9.78 Å². The molecule has 7 nitrogen and oxygen atoms in total. The summed E-state index contributed by atoms with van der Waals surface area (Å²) in [5, 5.41) is 6.68. The van der Waals surface area contributed by atoms with Crippen molar-refractivity contribution in [2.75, 3.05) is 11.8 Å². The maximum absolute atomic E-state index is 11.6. The van der Waals surface area contributed by atoms with Gasteiger partial charge in [-0.15, -0.1) is 5.23 Å². The molecule has 140 valence electrons. The Morgan fingerprint density at radius 1 is 1.15 bits per heavy atom. The Labute approximate surface area is 152 Å². The monoisotopic (exact) mass is 359 g/mol. The first kappa shape index (κ1) is 17.5. The molecule has 0 spiro atoms. The van der Waals surface area contributed by atoms with Crippen LogP contribution in [-0.2, 0) is 14.4 Å². The van der Waals surface area contributed by atoms with E-state index in [4.69, 9.17) is 14.4 Å². The summed E-state index contributed by atoms with van der Waals surface area (Å²) in [6, 6.07) is 5.73. The predicted molar refractivity (Wildman–Crippen MR) is 96.8 cm³/mol. The lowest BCUT2D eigenvalue weighted by molar-refractivity contribution is -0.0367. The van der Waals surface area contributed by atoms with E-state index in [1.807, 2.05) is 50.6 Å². The molecule has 7 heteroatoms. The second-order valence-electron chi connectivity index (χ2n) is 7.93. The average molecular weight is 359 g/mol. The molecule has 0 saturated carbocycles. The molecule has 2 saturated heterocycles. The smallest absolute Gasteiger partial charge is 0.170 e. The van der Waals surface area contributed by atoms with Gasteiger partial charge in [-0.25, -0.2) is 14.4 Å². The fourth-order valence-corrected chi connectivity index (χ4v) is 3.25. The largest absolute Gasteiger partial charge is 0.356 e. The van der Waals surface area contributed by atoms with Gasteiger partial charge in [-0.3, -0.25) is 4.79 Å². The lowest BCUT2D eigenvalue weighted by Crippen LogP contribution is -2.41. The van der Waals surface area contributed by atoms with E-state index in [9.17, 15) is 4.79 Å². The van der Waals surface area contributed by atoms with Crippen molar-refractivity contribution in [2.45, 2.75) is 64.4 Å². The molecule has 2 aliphatic rings. The normalized spacial score (nSPS) is 24.9. The molecule has 3 heterocycles. The maximum atomic E-state index is 11.6. The fourth-order valence-electron chi connectivity index (χ4n) is 3.25. The highest BCUT2D eigenvalue weighted by atomic mass is 17.0. The van der Waals surface area contributed by atoms with E-state index in [-0.39, 0.29) is 6.23 Å². The molecule has 4 rings (SSSR count). The standard InChI is InChI=1S/C19H25N3O4/c1-18(2)19(3,4)26-22(25-18)13-8-9-16-14(11-13)15(12-23)20-21(16)17-7-5-6-10-24-17/h8-9,11-12,17H,5-7,10H2,1-4H3. The van der Waals surface area contributed by atoms with E-state index in [2.05, 4.69) is 5.10 Å². The van der Waals surface area contributed by atoms with Gasteiger partial charge in [-0.2, -0.15) is 5.10 Å². The maximum Gasteiger partial charge on any atom is 0.170 e. The van der Waals surface area contributed by atoms with Crippen LogP contribution >= 0.6 is 0 Å². The van der Waals surface area contributed by atoms with Crippen LogP contribution in [0.25, 0.3) is 10.9 Å². The van der Waals surface area contributed by atoms with Crippen LogP contribution in [0.2, 0.25) is 0 Å². The van der Waals surface area contributed by atoms with Crippen LogP contribution < -0.4 is 5.23 Å². The Bertz CT molecular complexity index is 821. The van der Waals surface area contributed by atoms with Gasteiger partial charge in [0.1, 0.15) is 16.9 Å². The van der Waals surface area contributed by atoms with Gasteiger partial charge < -0.3 is 4.74 Å². The highest BCUT2D eigenvalue weighted by molar-refractivity contribution is 5.96. The third-order valence-electron chi connectivity index (χ3n) is 5.54. The topological polar surface area (TPSA) is 65.8 Å². The Kier molecular flexibility index (Phi) is 4.06. The average Bonchev–Trinajstić information content (AvgIpc) is 3.09. The molecule has 0 N–H and O–H groups in total. The minimum atomic E-state index is -0.477. The second-order valence-corrected chi connectivity index (χ2v) is 7.93. The molecule has 0 amide bonds. The van der Waals surface area contributed by atoms with Crippen LogP contribution in [0.1, 0.15) is 63.7 Å². The van der Waals surface area contributed by atoms with Crippen molar-refractivity contribution >= 4 is 22.9 Å². The van der Waals surface area contributed by atoms with Gasteiger partial charge in [-0.05, 0) is 65.2 Å². The van der Waals surface area contributed by atoms with E-state index in [0.29, 0.717) is 5.69 Å². The number of ether oxygens (including phenoxy) is 1. The van der Waals surface area contributed by atoms with Crippen molar-refractivity contribution in [1.29, 1.82) is 0 Å². The van der Waals surface area contributed by atoms with Crippen molar-refractivity contribution in [3.8, 4) is 0 Å². The SMILES string of the molecule is CC1(C)ON(c2ccc3c(c2)c(C=O)nn3C2CCCCO2)OC1(C)C. The van der Waals surface area contributed by atoms with Crippen molar-refractivity contribution in [3.63, 3.8) is 0 Å². The van der Waals surface area contributed by atoms with E-state index >= 15 is 0 Å². The third-order valence-corrected chi connectivity index (χ3v) is 5.54. The number of aromatic nitrogens is 2. The molecular weight excluding hydrogens is 334 g/mol. The summed E-state index contributed by atoms with van der Waals surface area (Å²) >= 11 is 0. The highest BCUT2D eigenvalue weighted by Crippen LogP contribution is 2.40. The van der Waals surface area contributed by atoms with Gasteiger partial charge >= 0.3 is 0 Å². The van der Waals surface area contributed by atoms with Crippen molar-refractivity contribution in [2.24, 2.45) is 0 Å². The quantitative estimate of drug-likeness (QED) is 0.777. The third kappa shape index (κ3) is 2.71. The second kappa shape index (κ2) is 6.04. The van der Waals surface area contributed by atoms with E-state index < -0.39 is 11.2 Å². The number of anilines is 1. The number of hydrogen-bond acceptors (Lipinski definition) is 6. The summed E-state index contributed by atoms with van der Waals surface area (Å²) < 4.78 is 7.66. The summed E-state index contributed by atoms with van der Waals surface area (Å²) in [7, 11) is 0. The van der Waals surface area contributed by atoms with Crippen molar-refractivity contribution < 1.29 is 19.2 Å². The van der Waals surface area contributed by atoms with Crippen LogP contribution in [0.15, 0.2) is 18.2 Å². The van der Waals surface area contributed by atoms with Gasteiger partial charge in [0.25, 0.3) is 0 Å². The summed E-state index contributed by atoms with van der Waals surface area (Å²) in [5.41, 5.74) is 1.04. The minimum Gasteiger partial charge on any atom is -0.356 e. The zero-order valence-corrected chi connectivity index (χ0v) is 15.7. The summed E-state index contributed by atoms with van der Waals surface area (Å²) in [6.07, 6.45) is 3.72. The number of nitrogens with zero attached hydrogens (tertiary/aromatic N) is 3. The number of aldehydes is 1. The van der Waals surface area contributed by atoms with Crippen LogP contribution in [-0.4, -0.2) is 33.9 Å². The molecule has 0 radical (unpaired) electrons. The Morgan fingerprint density at radius 3 is 2.50 bits per heavy atom. The van der Waals surface area contributed by atoms with Crippen LogP contribution in [0.3, 0.4) is 0 Å². The zero-order valence-electron chi connectivity index (χ0n) is 15.7. The van der Waals surface area contributed by atoms with E-state index in [0.717, 1.165) is 48.7 Å². The minimum absolute atomic E-state index is 0.122. The van der Waals surface area contributed by atoms with Crippen LogP contribution in [0, 0.1) is 0 Å². The molecule has 1 aromatic heterocycles. The summed E-state index contributed by atoms with van der Waals surface area (Å²) in [5.74, 6) is 0. The van der Waals surface area contributed by atoms with Gasteiger partial charge in [0, 0.05) is 12.0 Å². The molecule has 2 aliphatic heterocycles. The number of hydrogen-bond donors (Lipinski definition) is 0. The molecule has 0 bridgehead atoms. The van der Waals surface area contributed by atoms with Gasteiger partial charge in [0.2, 0.25) is 0 Å². The number of benzene rings is 1. The lowest BCUT2D eigenvalue weighted by Gasteiger charge is -2.26. The molecule has 26 heavy (non-hydrogen) atoms. The van der Waals surface area contributed by atoms with Gasteiger partial charge in [-0.1, -0.05) is 0 Å². The molecular formula is C19H25N3O4. The first-order valence-corrected chi connectivity index (χ1v) is 9.10. The first-order valence-electron chi connectivity index (χ1n) is 9.10. The van der Waals surface area contributed by atoms with Crippen molar-refractivity contribution in [3.05, 3.63) is 23.9 Å². The van der Waals surface area contributed by atoms with Gasteiger partial charge in [0.15, 0.2) is 12.5 Å². The summed E-state index contributed by atoms with van der Waals surface area (Å²) in [4.78, 5) is 23.5. The fraction of sp³-hybridized carbons (Fsp3) is 0.579. The molecule has 1 unspecified atom stereocenters. The Morgan fingerprint density at radius 2 is 1.88 bits per heavy atom. The van der Waals surface area contributed by atoms with Crippen LogP contribution in [0.4, 0.5) is 5.69 Å². The number of fused-ring (bicyclic) bond motifs is 1. The van der Waals surface area contributed by atoms with Gasteiger partial charge in [0.05, 0.1) is 11.2 Å². The summed E-state index contributed by atoms with van der Waals surface area (Å²) in [6.45, 7) is 8.67. The first-order chi connectivity index (χ1) is 12.3. The number of carbonyl (C=O) groups is 1. The number of carbonyl (C=O) groups excluding carboxylic acids is 1. The predicted octanol–water partition coefficient (Wildman–Crippen LogP) is 3.79. The molecule has 0 aliphatic carbocycles. The lowest BCUT2D eigenvalue weighted by atomic mass is 9.90. The Hall–Kier alpha value is -1.96. The molecule has 1 atom stereocenters. The van der Waals surface area contributed by atoms with E-state index in [1.165, 1.54) is 5.23 Å². The zero-order chi connectivity index (χ0) is 18.5. The molecule has 2 fully saturated rings.